The van der Waals surface area contributed by atoms with Crippen LogP contribution >= 0.6 is 0 Å². The van der Waals surface area contributed by atoms with Gasteiger partial charge >= 0.3 is 0 Å². The van der Waals surface area contributed by atoms with E-state index in [1.54, 1.807) is 11.2 Å². The molecular weight excluding hydrogens is 328 g/mol. The first-order valence-corrected chi connectivity index (χ1v) is 9.17. The second-order valence-corrected chi connectivity index (χ2v) is 7.00. The minimum atomic E-state index is -0.0564. The number of benzene rings is 1. The molecule has 7 heteroatoms. The van der Waals surface area contributed by atoms with Crippen molar-refractivity contribution in [2.75, 3.05) is 10.2 Å². The molecule has 1 fully saturated rings. The quantitative estimate of drug-likeness (QED) is 0.759. The molecule has 0 bridgehead atoms. The number of hydrogen-bond acceptors (Lipinski definition) is 5. The van der Waals surface area contributed by atoms with Crippen molar-refractivity contribution >= 4 is 28.8 Å². The van der Waals surface area contributed by atoms with Gasteiger partial charge in [-0.15, -0.1) is 0 Å². The molecule has 3 aromatic rings. The van der Waals surface area contributed by atoms with E-state index in [-0.39, 0.29) is 5.91 Å². The summed E-state index contributed by atoms with van der Waals surface area (Å²) in [6, 6.07) is 8.06. The summed E-state index contributed by atoms with van der Waals surface area (Å²) in [6.07, 6.45) is 7.68. The summed E-state index contributed by atoms with van der Waals surface area (Å²) in [7, 11) is 0. The normalized spacial score (nSPS) is 17.7. The standard InChI is InChI=1S/C19H20N6O/c26-18-14-9-5-4-6-12(14)10-25(18)19-23-16-15(20-11-21-16)17(24-19)22-13-7-2-1-3-8-13/h4-6,9,11,13H,1-3,7-8,10H2,(H2,20,21,22,23,24). The van der Waals surface area contributed by atoms with Crippen LogP contribution in [0.3, 0.4) is 0 Å². The Balaban J connectivity index is 1.52. The van der Waals surface area contributed by atoms with Gasteiger partial charge < -0.3 is 10.3 Å². The lowest BCUT2D eigenvalue weighted by Gasteiger charge is -2.24. The van der Waals surface area contributed by atoms with E-state index in [4.69, 9.17) is 4.98 Å². The molecule has 1 aliphatic carbocycles. The number of fused-ring (bicyclic) bond motifs is 2. The van der Waals surface area contributed by atoms with Gasteiger partial charge in [0.25, 0.3) is 5.91 Å². The van der Waals surface area contributed by atoms with Gasteiger partial charge in [-0.1, -0.05) is 37.5 Å². The van der Waals surface area contributed by atoms with Crippen molar-refractivity contribution in [3.05, 3.63) is 41.7 Å². The van der Waals surface area contributed by atoms with Gasteiger partial charge in [-0.05, 0) is 24.5 Å². The van der Waals surface area contributed by atoms with Gasteiger partial charge in [-0.25, -0.2) is 4.98 Å². The largest absolute Gasteiger partial charge is 0.365 e. The Hall–Kier alpha value is -2.96. The molecule has 2 aromatic heterocycles. The third-order valence-corrected chi connectivity index (χ3v) is 5.28. The lowest BCUT2D eigenvalue weighted by Crippen LogP contribution is -2.27. The highest BCUT2D eigenvalue weighted by atomic mass is 16.2. The average Bonchev–Trinajstić information content (AvgIpc) is 3.28. The van der Waals surface area contributed by atoms with Crippen LogP contribution in [0, 0.1) is 0 Å². The molecule has 3 heterocycles. The summed E-state index contributed by atoms with van der Waals surface area (Å²) < 4.78 is 0. The van der Waals surface area contributed by atoms with Gasteiger partial charge in [-0.2, -0.15) is 9.97 Å². The summed E-state index contributed by atoms with van der Waals surface area (Å²) in [5, 5.41) is 3.55. The number of aromatic amines is 1. The molecule has 5 rings (SSSR count). The molecule has 2 aliphatic rings. The number of carbonyl (C=O) groups excluding carboxylic acids is 1. The second kappa shape index (κ2) is 6.09. The first-order chi connectivity index (χ1) is 12.8. The van der Waals surface area contributed by atoms with E-state index in [1.807, 2.05) is 24.3 Å². The summed E-state index contributed by atoms with van der Waals surface area (Å²) >= 11 is 0. The van der Waals surface area contributed by atoms with Crippen molar-refractivity contribution in [3.63, 3.8) is 0 Å². The number of rotatable bonds is 3. The van der Waals surface area contributed by atoms with E-state index in [0.29, 0.717) is 24.2 Å². The van der Waals surface area contributed by atoms with Crippen molar-refractivity contribution in [3.8, 4) is 0 Å². The topological polar surface area (TPSA) is 86.8 Å². The molecule has 7 nitrogen and oxygen atoms in total. The van der Waals surface area contributed by atoms with E-state index in [0.717, 1.165) is 35.3 Å². The van der Waals surface area contributed by atoms with Crippen molar-refractivity contribution in [2.45, 2.75) is 44.7 Å². The monoisotopic (exact) mass is 348 g/mol. The fourth-order valence-corrected chi connectivity index (χ4v) is 3.90. The third-order valence-electron chi connectivity index (χ3n) is 5.28. The Morgan fingerprint density at radius 1 is 1.12 bits per heavy atom. The summed E-state index contributed by atoms with van der Waals surface area (Å²) in [6.45, 7) is 0.494. The van der Waals surface area contributed by atoms with E-state index in [9.17, 15) is 4.79 Å². The number of carbonyl (C=O) groups is 1. The van der Waals surface area contributed by atoms with Crippen LogP contribution in [-0.4, -0.2) is 31.9 Å². The SMILES string of the molecule is O=C1c2ccccc2CN1c1nc(NC2CCCCC2)c2[nH]cnc2n1. The lowest BCUT2D eigenvalue weighted by molar-refractivity contribution is 0.0995. The zero-order valence-electron chi connectivity index (χ0n) is 14.4. The van der Waals surface area contributed by atoms with Crippen molar-refractivity contribution in [1.29, 1.82) is 0 Å². The van der Waals surface area contributed by atoms with Crippen LogP contribution in [0.25, 0.3) is 11.2 Å². The number of anilines is 2. The first kappa shape index (κ1) is 15.3. The molecule has 1 aliphatic heterocycles. The van der Waals surface area contributed by atoms with Crippen molar-refractivity contribution in [2.24, 2.45) is 0 Å². The Labute approximate surface area is 150 Å². The van der Waals surface area contributed by atoms with Crippen molar-refractivity contribution in [1.82, 2.24) is 19.9 Å². The lowest BCUT2D eigenvalue weighted by atomic mass is 9.95. The fourth-order valence-electron chi connectivity index (χ4n) is 3.90. The molecule has 2 N–H and O–H groups in total. The minimum Gasteiger partial charge on any atom is -0.365 e. The number of hydrogen-bond donors (Lipinski definition) is 2. The smallest absolute Gasteiger partial charge is 0.261 e. The molecule has 0 unspecified atom stereocenters. The fraction of sp³-hybridized carbons (Fsp3) is 0.368. The van der Waals surface area contributed by atoms with Gasteiger partial charge in [0.15, 0.2) is 11.5 Å². The number of H-pyrrole nitrogens is 1. The maximum Gasteiger partial charge on any atom is 0.261 e. The Bertz CT molecular complexity index is 975. The van der Waals surface area contributed by atoms with Crippen LogP contribution < -0.4 is 10.2 Å². The van der Waals surface area contributed by atoms with Crippen LogP contribution in [0.1, 0.15) is 48.0 Å². The zero-order chi connectivity index (χ0) is 17.5. The number of nitrogens with one attached hydrogen (secondary N) is 2. The Morgan fingerprint density at radius 2 is 1.96 bits per heavy atom. The molecular formula is C19H20N6O. The van der Waals surface area contributed by atoms with E-state index < -0.39 is 0 Å². The highest BCUT2D eigenvalue weighted by molar-refractivity contribution is 6.09. The molecule has 26 heavy (non-hydrogen) atoms. The molecule has 1 amide bonds. The van der Waals surface area contributed by atoms with E-state index >= 15 is 0 Å². The third kappa shape index (κ3) is 2.51. The number of nitrogens with zero attached hydrogens (tertiary/aromatic N) is 4. The van der Waals surface area contributed by atoms with Crippen LogP contribution in [-0.2, 0) is 6.54 Å². The summed E-state index contributed by atoms with van der Waals surface area (Å²) in [5.41, 5.74) is 3.10. The number of amides is 1. The summed E-state index contributed by atoms with van der Waals surface area (Å²) in [5.74, 6) is 1.08. The maximum atomic E-state index is 12.8. The second-order valence-electron chi connectivity index (χ2n) is 7.00. The van der Waals surface area contributed by atoms with Gasteiger partial charge in [-0.3, -0.25) is 9.69 Å². The maximum absolute atomic E-state index is 12.8. The van der Waals surface area contributed by atoms with Crippen LogP contribution in [0.4, 0.5) is 11.8 Å². The first-order valence-electron chi connectivity index (χ1n) is 9.17. The van der Waals surface area contributed by atoms with Gasteiger partial charge in [0.05, 0.1) is 12.9 Å². The molecule has 0 spiro atoms. The molecule has 1 saturated carbocycles. The van der Waals surface area contributed by atoms with Crippen LogP contribution in [0.15, 0.2) is 30.6 Å². The molecule has 0 saturated heterocycles. The number of imidazole rings is 1. The predicted molar refractivity (Wildman–Crippen MR) is 99.1 cm³/mol. The Morgan fingerprint density at radius 3 is 2.81 bits per heavy atom. The van der Waals surface area contributed by atoms with Gasteiger partial charge in [0.1, 0.15) is 5.52 Å². The zero-order valence-corrected chi connectivity index (χ0v) is 14.4. The molecule has 1 aromatic carbocycles. The molecule has 132 valence electrons. The van der Waals surface area contributed by atoms with E-state index in [1.165, 1.54) is 19.3 Å². The average molecular weight is 348 g/mol. The van der Waals surface area contributed by atoms with Gasteiger partial charge in [0, 0.05) is 11.6 Å². The van der Waals surface area contributed by atoms with Gasteiger partial charge in [0.2, 0.25) is 5.95 Å². The van der Waals surface area contributed by atoms with E-state index in [2.05, 4.69) is 20.3 Å². The molecule has 0 radical (unpaired) electrons. The van der Waals surface area contributed by atoms with Crippen molar-refractivity contribution < 1.29 is 4.79 Å². The predicted octanol–water partition coefficient (Wildman–Crippen LogP) is 3.26. The van der Waals surface area contributed by atoms with Crippen LogP contribution in [0.2, 0.25) is 0 Å². The Kier molecular flexibility index (Phi) is 3.58. The molecule has 0 atom stereocenters. The summed E-state index contributed by atoms with van der Waals surface area (Å²) in [4.78, 5) is 31.0. The van der Waals surface area contributed by atoms with Crippen LogP contribution in [0.5, 0.6) is 0 Å². The minimum absolute atomic E-state index is 0.0564. The highest BCUT2D eigenvalue weighted by Crippen LogP contribution is 2.30. The highest BCUT2D eigenvalue weighted by Gasteiger charge is 2.31. The number of aromatic nitrogens is 4.